The van der Waals surface area contributed by atoms with Gasteiger partial charge in [0.15, 0.2) is 0 Å². The van der Waals surface area contributed by atoms with E-state index in [4.69, 9.17) is 4.74 Å². The number of para-hydroxylation sites is 1. The fourth-order valence-electron chi connectivity index (χ4n) is 7.59. The number of carbonyl (C=O) groups is 1. The van der Waals surface area contributed by atoms with E-state index in [2.05, 4.69) is 46.6 Å². The molecule has 136 valence electrons. The van der Waals surface area contributed by atoms with E-state index >= 15 is 0 Å². The summed E-state index contributed by atoms with van der Waals surface area (Å²) in [6.45, 7) is 1.94. The molecule has 3 heterocycles. The van der Waals surface area contributed by atoms with Gasteiger partial charge in [-0.2, -0.15) is 0 Å². The minimum absolute atomic E-state index is 0.148. The van der Waals surface area contributed by atoms with Crippen LogP contribution in [0.3, 0.4) is 0 Å². The van der Waals surface area contributed by atoms with Crippen molar-refractivity contribution in [3.05, 3.63) is 42.0 Å². The molecule has 1 saturated heterocycles. The Bertz CT molecular complexity index is 853. The maximum atomic E-state index is 12.9. The van der Waals surface area contributed by atoms with Crippen LogP contribution in [0.4, 0.5) is 5.69 Å². The lowest BCUT2D eigenvalue weighted by Gasteiger charge is -2.69. The number of hydrogen-bond acceptors (Lipinski definition) is 5. The minimum atomic E-state index is -0.721. The molecular weight excluding hydrogens is 328 g/mol. The molecule has 5 nitrogen and oxygen atoms in total. The van der Waals surface area contributed by atoms with Gasteiger partial charge in [0, 0.05) is 29.1 Å². The molecule has 1 aromatic carbocycles. The average Bonchev–Trinajstić information content (AvgIpc) is 3.20. The van der Waals surface area contributed by atoms with E-state index in [0.29, 0.717) is 0 Å². The number of rotatable bonds is 1. The molecule has 1 aromatic rings. The fraction of sp³-hybridized carbons (Fsp3) is 0.571. The van der Waals surface area contributed by atoms with Gasteiger partial charge in [0.05, 0.1) is 18.8 Å². The van der Waals surface area contributed by atoms with Crippen molar-refractivity contribution < 1.29 is 14.6 Å². The first kappa shape index (κ1) is 15.2. The molecular formula is C21H24N2O3. The number of carbonyl (C=O) groups excluding carboxylic acids is 1. The van der Waals surface area contributed by atoms with Crippen LogP contribution >= 0.6 is 0 Å². The summed E-state index contributed by atoms with van der Waals surface area (Å²) in [7, 11) is 1.44. The summed E-state index contributed by atoms with van der Waals surface area (Å²) < 4.78 is 5.22. The van der Waals surface area contributed by atoms with Gasteiger partial charge in [-0.15, -0.1) is 0 Å². The molecule has 3 saturated carbocycles. The van der Waals surface area contributed by atoms with Gasteiger partial charge < -0.3 is 15.2 Å². The second kappa shape index (κ2) is 4.52. The highest BCUT2D eigenvalue weighted by molar-refractivity contribution is 5.81. The van der Waals surface area contributed by atoms with E-state index in [1.54, 1.807) is 0 Å². The summed E-state index contributed by atoms with van der Waals surface area (Å²) in [6.07, 6.45) is 6.51. The molecule has 4 fully saturated rings. The average molecular weight is 352 g/mol. The third kappa shape index (κ3) is 1.30. The quantitative estimate of drug-likeness (QED) is 0.595. The number of nitrogens with one attached hydrogen (secondary N) is 1. The molecule has 7 rings (SSSR count). The number of methoxy groups -OCH3 is 1. The van der Waals surface area contributed by atoms with Gasteiger partial charge in [0.25, 0.3) is 0 Å². The number of hydrogen-bond donors (Lipinski definition) is 2. The van der Waals surface area contributed by atoms with E-state index in [0.717, 1.165) is 38.0 Å². The first-order chi connectivity index (χ1) is 12.6. The van der Waals surface area contributed by atoms with Crippen molar-refractivity contribution in [2.24, 2.45) is 11.3 Å². The number of fused-ring (bicyclic) bond motifs is 3. The van der Waals surface area contributed by atoms with E-state index in [-0.39, 0.29) is 22.8 Å². The Morgan fingerprint density at radius 1 is 1.31 bits per heavy atom. The van der Waals surface area contributed by atoms with Gasteiger partial charge in [-0.3, -0.25) is 9.69 Å². The number of nitrogens with zero attached hydrogens (tertiary/aromatic N) is 1. The molecule has 0 amide bonds. The van der Waals surface area contributed by atoms with Gasteiger partial charge in [0.1, 0.15) is 5.92 Å². The number of ether oxygens (including phenoxy) is 1. The molecule has 0 radical (unpaired) electrons. The monoisotopic (exact) mass is 352 g/mol. The zero-order valence-corrected chi connectivity index (χ0v) is 14.9. The van der Waals surface area contributed by atoms with Gasteiger partial charge in [-0.05, 0) is 37.4 Å². The van der Waals surface area contributed by atoms with Crippen molar-refractivity contribution in [2.75, 3.05) is 25.5 Å². The Hall–Kier alpha value is -1.85. The molecule has 6 aliphatic rings. The van der Waals surface area contributed by atoms with Crippen LogP contribution in [-0.4, -0.2) is 53.9 Å². The predicted octanol–water partition coefficient (Wildman–Crippen LogP) is 1.68. The highest BCUT2D eigenvalue weighted by Gasteiger charge is 2.81. The first-order valence-corrected chi connectivity index (χ1v) is 9.66. The van der Waals surface area contributed by atoms with Crippen LogP contribution in [-0.2, 0) is 14.9 Å². The van der Waals surface area contributed by atoms with Crippen LogP contribution in [0.5, 0.6) is 0 Å². The van der Waals surface area contributed by atoms with Crippen molar-refractivity contribution >= 4 is 11.7 Å². The second-order valence-electron chi connectivity index (χ2n) is 8.72. The summed E-state index contributed by atoms with van der Waals surface area (Å²) in [4.78, 5) is 15.5. The highest BCUT2D eigenvalue weighted by Crippen LogP contribution is 2.73. The van der Waals surface area contributed by atoms with Crippen molar-refractivity contribution in [1.29, 1.82) is 0 Å². The molecule has 2 bridgehead atoms. The van der Waals surface area contributed by atoms with Gasteiger partial charge >= 0.3 is 5.97 Å². The maximum absolute atomic E-state index is 12.9. The predicted molar refractivity (Wildman–Crippen MR) is 96.8 cm³/mol. The number of esters is 1. The molecule has 3 aliphatic carbocycles. The lowest BCUT2D eigenvalue weighted by molar-refractivity contribution is -0.193. The third-order valence-corrected chi connectivity index (χ3v) is 8.27. The first-order valence-electron chi connectivity index (χ1n) is 9.66. The molecule has 2 N–H and O–H groups in total. The molecule has 3 aliphatic heterocycles. The Labute approximate surface area is 153 Å². The lowest BCUT2D eigenvalue weighted by atomic mass is 9.38. The van der Waals surface area contributed by atoms with Crippen molar-refractivity contribution in [1.82, 2.24) is 4.90 Å². The van der Waals surface area contributed by atoms with Crippen molar-refractivity contribution in [3.8, 4) is 0 Å². The van der Waals surface area contributed by atoms with Gasteiger partial charge in [-0.25, -0.2) is 0 Å². The molecule has 6 atom stereocenters. The molecule has 3 spiro atoms. The van der Waals surface area contributed by atoms with Crippen LogP contribution < -0.4 is 5.32 Å². The summed E-state index contributed by atoms with van der Waals surface area (Å²) >= 11 is 0. The number of anilines is 1. The van der Waals surface area contributed by atoms with Crippen LogP contribution in [0, 0.1) is 11.3 Å². The molecule has 6 unspecified atom stereocenters. The number of aliphatic hydroxyl groups is 1. The highest BCUT2D eigenvalue weighted by atomic mass is 16.5. The largest absolute Gasteiger partial charge is 0.469 e. The minimum Gasteiger partial charge on any atom is -0.469 e. The van der Waals surface area contributed by atoms with Crippen molar-refractivity contribution in [3.63, 3.8) is 0 Å². The van der Waals surface area contributed by atoms with Crippen LogP contribution in [0.2, 0.25) is 0 Å². The standard InChI is InChI=1S/C21H24N2O3/c1-26-17(25)15-16(24)19-7-4-11-23-12-10-20(18(19)23)13-5-2-3-6-14(13)22-21(15,20)9-8-19/h2-7,15-16,18,22,24H,8-12H2,1H3. The van der Waals surface area contributed by atoms with E-state index in [1.165, 1.54) is 12.7 Å². The van der Waals surface area contributed by atoms with Crippen LogP contribution in [0.15, 0.2) is 36.4 Å². The third-order valence-electron chi connectivity index (χ3n) is 8.27. The SMILES string of the molecule is COC(=O)C1C(O)C23C=CCN4CCC5(c6ccccc6NC15CC2)C43. The van der Waals surface area contributed by atoms with Gasteiger partial charge in [0.2, 0.25) is 0 Å². The van der Waals surface area contributed by atoms with Crippen LogP contribution in [0.1, 0.15) is 24.8 Å². The summed E-state index contributed by atoms with van der Waals surface area (Å²) in [6, 6.07) is 8.75. The fourth-order valence-corrected chi connectivity index (χ4v) is 7.59. The number of benzene rings is 1. The summed E-state index contributed by atoms with van der Waals surface area (Å²) in [5, 5.41) is 15.3. The Kier molecular flexibility index (Phi) is 2.65. The lowest BCUT2D eigenvalue weighted by Crippen LogP contribution is -2.81. The normalized spacial score (nSPS) is 47.1. The molecule has 0 aromatic heterocycles. The molecule has 26 heavy (non-hydrogen) atoms. The number of aliphatic hydroxyl groups excluding tert-OH is 1. The summed E-state index contributed by atoms with van der Waals surface area (Å²) in [5.41, 5.74) is 1.48. The smallest absolute Gasteiger partial charge is 0.313 e. The second-order valence-corrected chi connectivity index (χ2v) is 8.72. The Morgan fingerprint density at radius 3 is 3.00 bits per heavy atom. The van der Waals surface area contributed by atoms with Crippen LogP contribution in [0.25, 0.3) is 0 Å². The van der Waals surface area contributed by atoms with E-state index in [1.807, 2.05) is 0 Å². The van der Waals surface area contributed by atoms with Crippen molar-refractivity contribution in [2.45, 2.75) is 42.4 Å². The Balaban J connectivity index is 1.69. The Morgan fingerprint density at radius 2 is 2.15 bits per heavy atom. The van der Waals surface area contributed by atoms with E-state index < -0.39 is 17.6 Å². The van der Waals surface area contributed by atoms with E-state index in [9.17, 15) is 9.90 Å². The summed E-state index contributed by atoms with van der Waals surface area (Å²) in [5.74, 6) is -0.834. The topological polar surface area (TPSA) is 61.8 Å². The van der Waals surface area contributed by atoms with Gasteiger partial charge in [-0.1, -0.05) is 30.4 Å². The maximum Gasteiger partial charge on any atom is 0.313 e. The molecule has 5 heteroatoms. The zero-order valence-electron chi connectivity index (χ0n) is 14.9. The zero-order chi connectivity index (χ0) is 17.7.